The molecule has 33 heavy (non-hydrogen) atoms. The molecule has 1 fully saturated rings. The molecule has 2 aliphatic rings. The number of sulfonamides is 1. The fourth-order valence-electron chi connectivity index (χ4n) is 4.37. The summed E-state index contributed by atoms with van der Waals surface area (Å²) in [6.07, 6.45) is 2.42. The Labute approximate surface area is 196 Å². The zero-order chi connectivity index (χ0) is 23.3. The third kappa shape index (κ3) is 6.06. The lowest BCUT2D eigenvalue weighted by Gasteiger charge is -2.31. The molecule has 7 nitrogen and oxygen atoms in total. The van der Waals surface area contributed by atoms with E-state index in [9.17, 15) is 13.2 Å². The monoisotopic (exact) mass is 472 g/mol. The highest BCUT2D eigenvalue weighted by atomic mass is 32.2. The highest BCUT2D eigenvalue weighted by molar-refractivity contribution is 7.89. The first-order valence-corrected chi connectivity index (χ1v) is 13.2. The maximum absolute atomic E-state index is 12.8. The van der Waals surface area contributed by atoms with E-state index in [1.54, 1.807) is 4.31 Å². The lowest BCUT2D eigenvalue weighted by atomic mass is 9.96. The van der Waals surface area contributed by atoms with Crippen LogP contribution in [0.25, 0.3) is 0 Å². The van der Waals surface area contributed by atoms with Crippen LogP contribution in [0.4, 0.5) is 0 Å². The Balaban J connectivity index is 1.24. The summed E-state index contributed by atoms with van der Waals surface area (Å²) in [5.74, 6) is 1.35. The Morgan fingerprint density at radius 1 is 1.06 bits per heavy atom. The van der Waals surface area contributed by atoms with Crippen molar-refractivity contribution in [3.05, 3.63) is 59.7 Å². The van der Waals surface area contributed by atoms with Gasteiger partial charge in [-0.25, -0.2) is 12.7 Å². The summed E-state index contributed by atoms with van der Waals surface area (Å²) in [6.45, 7) is 3.79. The van der Waals surface area contributed by atoms with Gasteiger partial charge in [0.05, 0.1) is 11.8 Å². The fraction of sp³-hybridized carbons (Fsp3) is 0.480. The van der Waals surface area contributed by atoms with Crippen LogP contribution >= 0.6 is 0 Å². The van der Waals surface area contributed by atoms with E-state index in [0.29, 0.717) is 51.3 Å². The van der Waals surface area contributed by atoms with Gasteiger partial charge in [0, 0.05) is 19.0 Å². The van der Waals surface area contributed by atoms with E-state index in [-0.39, 0.29) is 23.6 Å². The van der Waals surface area contributed by atoms with Gasteiger partial charge >= 0.3 is 0 Å². The molecule has 1 amide bonds. The average molecular weight is 473 g/mol. The molecule has 2 aromatic carbocycles. The van der Waals surface area contributed by atoms with Gasteiger partial charge in [-0.15, -0.1) is 0 Å². The molecule has 2 aromatic rings. The zero-order valence-electron chi connectivity index (χ0n) is 19.0. The smallest absolute Gasteiger partial charge is 0.223 e. The van der Waals surface area contributed by atoms with Crippen LogP contribution in [-0.4, -0.2) is 50.7 Å². The first-order valence-electron chi connectivity index (χ1n) is 11.6. The largest absolute Gasteiger partial charge is 0.486 e. The van der Waals surface area contributed by atoms with Gasteiger partial charge in [-0.3, -0.25) is 4.79 Å². The van der Waals surface area contributed by atoms with E-state index in [0.717, 1.165) is 23.3 Å². The van der Waals surface area contributed by atoms with E-state index in [4.69, 9.17) is 9.47 Å². The van der Waals surface area contributed by atoms with Crippen molar-refractivity contribution in [3.63, 3.8) is 0 Å². The van der Waals surface area contributed by atoms with Gasteiger partial charge in [-0.2, -0.15) is 0 Å². The molecule has 1 saturated heterocycles. The third-order valence-electron chi connectivity index (χ3n) is 6.35. The van der Waals surface area contributed by atoms with Crippen molar-refractivity contribution in [1.82, 2.24) is 9.62 Å². The molecule has 1 atom stereocenters. The number of amides is 1. The lowest BCUT2D eigenvalue weighted by Crippen LogP contribution is -2.44. The highest BCUT2D eigenvalue weighted by Crippen LogP contribution is 2.32. The summed E-state index contributed by atoms with van der Waals surface area (Å²) >= 11 is 0. The molecule has 0 radical (unpaired) electrons. The molecule has 2 heterocycles. The van der Waals surface area contributed by atoms with Gasteiger partial charge in [0.15, 0.2) is 11.5 Å². The topological polar surface area (TPSA) is 84.9 Å². The van der Waals surface area contributed by atoms with Crippen LogP contribution in [0.3, 0.4) is 0 Å². The first-order chi connectivity index (χ1) is 15.9. The quantitative estimate of drug-likeness (QED) is 0.637. The van der Waals surface area contributed by atoms with E-state index in [2.05, 4.69) is 5.32 Å². The van der Waals surface area contributed by atoms with Crippen molar-refractivity contribution in [2.24, 2.45) is 5.92 Å². The summed E-state index contributed by atoms with van der Waals surface area (Å²) in [6, 6.07) is 15.5. The summed E-state index contributed by atoms with van der Waals surface area (Å²) in [5, 5.41) is 3.08. The standard InChI is InChI=1S/C25H32N2O5S/c1-19(22-9-10-23-24(18-22)32-16-15-31-23)26-25(28)21-11-13-27(14-12-21)33(29,30)17-5-8-20-6-3-2-4-7-20/h2-4,6-7,9-10,18-19,21H,5,8,11-17H2,1H3,(H,26,28)/t19-/m0/s1. The number of aryl methyl sites for hydroxylation is 1. The van der Waals surface area contributed by atoms with Crippen molar-refractivity contribution < 1.29 is 22.7 Å². The Morgan fingerprint density at radius 3 is 2.48 bits per heavy atom. The van der Waals surface area contributed by atoms with Crippen LogP contribution in [0.15, 0.2) is 48.5 Å². The predicted octanol–water partition coefficient (Wildman–Crippen LogP) is 3.31. The van der Waals surface area contributed by atoms with Crippen LogP contribution in [-0.2, 0) is 21.2 Å². The van der Waals surface area contributed by atoms with Gasteiger partial charge < -0.3 is 14.8 Å². The van der Waals surface area contributed by atoms with Gasteiger partial charge in [0.25, 0.3) is 0 Å². The minimum absolute atomic E-state index is 0.0292. The van der Waals surface area contributed by atoms with E-state index in [1.165, 1.54) is 0 Å². The second-order valence-corrected chi connectivity index (χ2v) is 10.8. The van der Waals surface area contributed by atoms with Crippen LogP contribution in [0.1, 0.15) is 43.4 Å². The van der Waals surface area contributed by atoms with Gasteiger partial charge in [-0.1, -0.05) is 36.4 Å². The summed E-state index contributed by atoms with van der Waals surface area (Å²) in [4.78, 5) is 12.8. The first kappa shape index (κ1) is 23.6. The Morgan fingerprint density at radius 2 is 1.76 bits per heavy atom. The molecule has 0 aromatic heterocycles. The van der Waals surface area contributed by atoms with Gasteiger partial charge in [0.2, 0.25) is 15.9 Å². The van der Waals surface area contributed by atoms with Crippen LogP contribution in [0.5, 0.6) is 11.5 Å². The number of carbonyl (C=O) groups excluding carboxylic acids is 1. The Hall–Kier alpha value is -2.58. The number of nitrogens with zero attached hydrogens (tertiary/aromatic N) is 1. The predicted molar refractivity (Wildman–Crippen MR) is 127 cm³/mol. The van der Waals surface area contributed by atoms with Gasteiger partial charge in [0.1, 0.15) is 13.2 Å². The molecule has 0 saturated carbocycles. The number of piperidine rings is 1. The molecule has 4 rings (SSSR count). The average Bonchev–Trinajstić information content (AvgIpc) is 2.84. The number of rotatable bonds is 8. The minimum Gasteiger partial charge on any atom is -0.486 e. The number of fused-ring (bicyclic) bond motifs is 1. The molecule has 8 heteroatoms. The van der Waals surface area contributed by atoms with Crippen molar-refractivity contribution in [3.8, 4) is 11.5 Å². The number of ether oxygens (including phenoxy) is 2. The number of hydrogen-bond donors (Lipinski definition) is 1. The molecule has 0 bridgehead atoms. The maximum Gasteiger partial charge on any atom is 0.223 e. The fourth-order valence-corrected chi connectivity index (χ4v) is 5.91. The van der Waals surface area contributed by atoms with Crippen molar-refractivity contribution in [1.29, 1.82) is 0 Å². The normalized spacial score (nSPS) is 18.0. The third-order valence-corrected chi connectivity index (χ3v) is 8.31. The SMILES string of the molecule is C[C@H](NC(=O)C1CCN(S(=O)(=O)CCCc2ccccc2)CC1)c1ccc2c(c1)OCCO2. The highest BCUT2D eigenvalue weighted by Gasteiger charge is 2.31. The van der Waals surface area contributed by atoms with E-state index < -0.39 is 10.0 Å². The Bertz CT molecular complexity index is 1050. The second kappa shape index (κ2) is 10.6. The van der Waals surface area contributed by atoms with Crippen LogP contribution < -0.4 is 14.8 Å². The number of hydrogen-bond acceptors (Lipinski definition) is 5. The van der Waals surface area contributed by atoms with Crippen LogP contribution in [0.2, 0.25) is 0 Å². The zero-order valence-corrected chi connectivity index (χ0v) is 19.9. The molecule has 0 unspecified atom stereocenters. The minimum atomic E-state index is -3.30. The maximum atomic E-state index is 12.8. The molecule has 0 aliphatic carbocycles. The second-order valence-electron chi connectivity index (χ2n) is 8.71. The number of benzene rings is 2. The molecule has 178 valence electrons. The van der Waals surface area contributed by atoms with Crippen LogP contribution in [0, 0.1) is 5.92 Å². The van der Waals surface area contributed by atoms with Crippen molar-refractivity contribution in [2.75, 3.05) is 32.1 Å². The molecular formula is C25H32N2O5S. The number of carbonyl (C=O) groups is 1. The van der Waals surface area contributed by atoms with E-state index in [1.807, 2.05) is 55.5 Å². The molecule has 0 spiro atoms. The Kier molecular flexibility index (Phi) is 7.55. The lowest BCUT2D eigenvalue weighted by molar-refractivity contribution is -0.126. The molecular weight excluding hydrogens is 440 g/mol. The van der Waals surface area contributed by atoms with Crippen molar-refractivity contribution in [2.45, 2.75) is 38.6 Å². The van der Waals surface area contributed by atoms with Crippen molar-refractivity contribution >= 4 is 15.9 Å². The molecule has 2 aliphatic heterocycles. The summed E-state index contributed by atoms with van der Waals surface area (Å²) < 4.78 is 38.2. The van der Waals surface area contributed by atoms with E-state index >= 15 is 0 Å². The number of nitrogens with one attached hydrogen (secondary N) is 1. The van der Waals surface area contributed by atoms with Gasteiger partial charge in [-0.05, 0) is 55.9 Å². The summed E-state index contributed by atoms with van der Waals surface area (Å²) in [5.41, 5.74) is 2.10. The molecule has 1 N–H and O–H groups in total. The summed E-state index contributed by atoms with van der Waals surface area (Å²) in [7, 11) is -3.30.